The quantitative estimate of drug-likeness (QED) is 0.844. The molecule has 0 aliphatic rings. The molecule has 1 N–H and O–H groups in total. The van der Waals surface area contributed by atoms with Crippen molar-refractivity contribution in [2.24, 2.45) is 0 Å². The Hall–Kier alpha value is -2.07. The lowest BCUT2D eigenvalue weighted by atomic mass is 10.2. The summed E-state index contributed by atoms with van der Waals surface area (Å²) < 4.78 is 0. The number of carboxylic acids is 1. The Kier molecular flexibility index (Phi) is 4.75. The van der Waals surface area contributed by atoms with Gasteiger partial charge >= 0.3 is 5.97 Å². The maximum Gasteiger partial charge on any atom is 0.354 e. The summed E-state index contributed by atoms with van der Waals surface area (Å²) in [5.41, 5.74) is 1.24. The van der Waals surface area contributed by atoms with Gasteiger partial charge in [-0.2, -0.15) is 0 Å². The van der Waals surface area contributed by atoms with E-state index in [4.69, 9.17) is 5.11 Å². The topological polar surface area (TPSA) is 50.2 Å². The second-order valence-corrected chi connectivity index (χ2v) is 4.90. The van der Waals surface area contributed by atoms with Gasteiger partial charge in [-0.1, -0.05) is 42.5 Å². The summed E-state index contributed by atoms with van der Waals surface area (Å²) in [6, 6.07) is 13.4. The van der Waals surface area contributed by atoms with Crippen LogP contribution in [-0.2, 0) is 0 Å². The molecule has 1 heterocycles. The molecule has 0 unspecified atom stereocenters. The maximum absolute atomic E-state index is 10.8. The second kappa shape index (κ2) is 6.75. The van der Waals surface area contributed by atoms with Gasteiger partial charge in [0.1, 0.15) is 5.69 Å². The number of aromatic carboxylic acids is 1. The number of nitrogens with zero attached hydrogens (tertiary/aromatic N) is 1. The lowest BCUT2D eigenvalue weighted by Gasteiger charge is -1.99. The van der Waals surface area contributed by atoms with Crippen LogP contribution in [0.4, 0.5) is 0 Å². The van der Waals surface area contributed by atoms with E-state index in [1.54, 1.807) is 17.8 Å². The lowest BCUT2D eigenvalue weighted by molar-refractivity contribution is 0.0690. The smallest absolute Gasteiger partial charge is 0.354 e. The molecule has 0 spiro atoms. The van der Waals surface area contributed by atoms with Crippen molar-refractivity contribution in [3.8, 4) is 0 Å². The van der Waals surface area contributed by atoms with Crippen molar-refractivity contribution in [2.75, 3.05) is 5.75 Å². The van der Waals surface area contributed by atoms with E-state index in [0.29, 0.717) is 0 Å². The van der Waals surface area contributed by atoms with Crippen LogP contribution < -0.4 is 0 Å². The summed E-state index contributed by atoms with van der Waals surface area (Å²) in [5, 5.41) is 8.84. The van der Waals surface area contributed by atoms with E-state index >= 15 is 0 Å². The van der Waals surface area contributed by atoms with E-state index in [0.717, 1.165) is 16.2 Å². The zero-order chi connectivity index (χ0) is 13.5. The first-order valence-electron chi connectivity index (χ1n) is 5.79. The molecule has 19 heavy (non-hydrogen) atoms. The molecular formula is C15H13NO2S. The molecule has 0 aliphatic carbocycles. The van der Waals surface area contributed by atoms with Crippen LogP contribution in [0.2, 0.25) is 0 Å². The minimum Gasteiger partial charge on any atom is -0.477 e. The molecule has 0 radical (unpaired) electrons. The highest BCUT2D eigenvalue weighted by Crippen LogP contribution is 2.18. The van der Waals surface area contributed by atoms with Crippen LogP contribution in [0.1, 0.15) is 16.1 Å². The Morgan fingerprint density at radius 2 is 2.05 bits per heavy atom. The standard InChI is InChI=1S/C15H13NO2S/c17-15(18)14-11-13(8-9-16-14)19-10-4-7-12-5-2-1-3-6-12/h1-9,11H,10H2,(H,17,18). The minimum atomic E-state index is -0.998. The van der Waals surface area contributed by atoms with Gasteiger partial charge in [0.15, 0.2) is 0 Å². The minimum absolute atomic E-state index is 0.0806. The number of hydrogen-bond acceptors (Lipinski definition) is 3. The van der Waals surface area contributed by atoms with E-state index in [1.807, 2.05) is 42.5 Å². The highest BCUT2D eigenvalue weighted by atomic mass is 32.2. The number of benzene rings is 1. The third kappa shape index (κ3) is 4.26. The van der Waals surface area contributed by atoms with Gasteiger partial charge in [-0.3, -0.25) is 0 Å². The van der Waals surface area contributed by atoms with Crippen LogP contribution in [-0.4, -0.2) is 21.8 Å². The van der Waals surface area contributed by atoms with Crippen LogP contribution in [0.5, 0.6) is 0 Å². The third-order valence-corrected chi connectivity index (χ3v) is 3.35. The van der Waals surface area contributed by atoms with E-state index in [-0.39, 0.29) is 5.69 Å². The van der Waals surface area contributed by atoms with Crippen LogP contribution in [0.15, 0.2) is 59.6 Å². The van der Waals surface area contributed by atoms with Crippen molar-refractivity contribution in [1.82, 2.24) is 4.98 Å². The molecule has 0 amide bonds. The number of hydrogen-bond donors (Lipinski definition) is 1. The molecule has 2 aromatic rings. The molecule has 0 bridgehead atoms. The molecule has 0 fully saturated rings. The molecule has 96 valence electrons. The fraction of sp³-hybridized carbons (Fsp3) is 0.0667. The summed E-state index contributed by atoms with van der Waals surface area (Å²) >= 11 is 1.58. The van der Waals surface area contributed by atoms with E-state index in [9.17, 15) is 4.79 Å². The lowest BCUT2D eigenvalue weighted by Crippen LogP contribution is -1.99. The predicted molar refractivity (Wildman–Crippen MR) is 77.4 cm³/mol. The van der Waals surface area contributed by atoms with Crippen molar-refractivity contribution >= 4 is 23.8 Å². The first kappa shape index (κ1) is 13.4. The average Bonchev–Trinajstić information content (AvgIpc) is 2.45. The van der Waals surface area contributed by atoms with Crippen molar-refractivity contribution in [3.63, 3.8) is 0 Å². The van der Waals surface area contributed by atoms with Crippen LogP contribution in [0, 0.1) is 0 Å². The fourth-order valence-electron chi connectivity index (χ4n) is 1.51. The molecule has 4 heteroatoms. The van der Waals surface area contributed by atoms with Gasteiger partial charge < -0.3 is 5.11 Å². The van der Waals surface area contributed by atoms with E-state index in [2.05, 4.69) is 11.1 Å². The Bertz CT molecular complexity index is 582. The van der Waals surface area contributed by atoms with Crippen molar-refractivity contribution < 1.29 is 9.90 Å². The first-order chi connectivity index (χ1) is 9.25. The summed E-state index contributed by atoms with van der Waals surface area (Å²) in [6.07, 6.45) is 5.62. The summed E-state index contributed by atoms with van der Waals surface area (Å²) in [6.45, 7) is 0. The van der Waals surface area contributed by atoms with Gasteiger partial charge in [-0.05, 0) is 17.7 Å². The number of pyridine rings is 1. The SMILES string of the molecule is O=C(O)c1cc(SCC=Cc2ccccc2)ccn1. The molecule has 1 aromatic carbocycles. The summed E-state index contributed by atoms with van der Waals surface area (Å²) in [4.78, 5) is 15.5. The predicted octanol–water partition coefficient (Wildman–Crippen LogP) is 3.59. The Morgan fingerprint density at radius 1 is 1.26 bits per heavy atom. The number of aromatic nitrogens is 1. The highest BCUT2D eigenvalue weighted by molar-refractivity contribution is 7.99. The summed E-state index contributed by atoms with van der Waals surface area (Å²) in [7, 11) is 0. The fourth-order valence-corrected chi connectivity index (χ4v) is 2.25. The molecule has 0 saturated carbocycles. The first-order valence-corrected chi connectivity index (χ1v) is 6.78. The van der Waals surface area contributed by atoms with Gasteiger partial charge in [0, 0.05) is 16.8 Å². The molecule has 1 aromatic heterocycles. The molecule has 0 saturated heterocycles. The number of thioether (sulfide) groups is 1. The van der Waals surface area contributed by atoms with Crippen molar-refractivity contribution in [2.45, 2.75) is 4.90 Å². The van der Waals surface area contributed by atoms with Gasteiger partial charge in [0.25, 0.3) is 0 Å². The largest absolute Gasteiger partial charge is 0.477 e. The number of carboxylic acid groups (broad SMARTS) is 1. The van der Waals surface area contributed by atoms with E-state index < -0.39 is 5.97 Å². The number of rotatable bonds is 5. The Balaban J connectivity index is 1.91. The van der Waals surface area contributed by atoms with Crippen LogP contribution >= 0.6 is 11.8 Å². The molecular weight excluding hydrogens is 258 g/mol. The van der Waals surface area contributed by atoms with Gasteiger partial charge in [0.05, 0.1) is 0 Å². The second-order valence-electron chi connectivity index (χ2n) is 3.81. The van der Waals surface area contributed by atoms with Crippen LogP contribution in [0.3, 0.4) is 0 Å². The molecule has 3 nitrogen and oxygen atoms in total. The molecule has 0 aliphatic heterocycles. The monoisotopic (exact) mass is 271 g/mol. The normalized spacial score (nSPS) is 10.7. The molecule has 0 atom stereocenters. The maximum atomic E-state index is 10.8. The van der Waals surface area contributed by atoms with Crippen LogP contribution in [0.25, 0.3) is 6.08 Å². The van der Waals surface area contributed by atoms with Gasteiger partial charge in [-0.25, -0.2) is 9.78 Å². The average molecular weight is 271 g/mol. The number of carbonyl (C=O) groups is 1. The zero-order valence-corrected chi connectivity index (χ0v) is 11.0. The third-order valence-electron chi connectivity index (χ3n) is 2.41. The van der Waals surface area contributed by atoms with Crippen molar-refractivity contribution in [3.05, 3.63) is 66.0 Å². The Labute approximate surface area is 116 Å². The van der Waals surface area contributed by atoms with E-state index in [1.165, 1.54) is 6.20 Å². The van der Waals surface area contributed by atoms with Gasteiger partial charge in [0.2, 0.25) is 0 Å². The van der Waals surface area contributed by atoms with Gasteiger partial charge in [-0.15, -0.1) is 11.8 Å². The van der Waals surface area contributed by atoms with Crippen molar-refractivity contribution in [1.29, 1.82) is 0 Å². The summed E-state index contributed by atoms with van der Waals surface area (Å²) in [5.74, 6) is -0.208. The highest BCUT2D eigenvalue weighted by Gasteiger charge is 2.04. The zero-order valence-electron chi connectivity index (χ0n) is 10.2. The Morgan fingerprint density at radius 3 is 2.79 bits per heavy atom. The molecule has 2 rings (SSSR count).